The van der Waals surface area contributed by atoms with Gasteiger partial charge in [0.05, 0.1) is 0 Å². The van der Waals surface area contributed by atoms with Crippen LogP contribution in [0.2, 0.25) is 0 Å². The molecule has 2 aromatic heterocycles. The van der Waals surface area contributed by atoms with Gasteiger partial charge in [0.2, 0.25) is 0 Å². The van der Waals surface area contributed by atoms with Crippen molar-refractivity contribution in [1.82, 2.24) is 0 Å². The molecule has 0 bridgehead atoms. The van der Waals surface area contributed by atoms with E-state index >= 15 is 0 Å². The summed E-state index contributed by atoms with van der Waals surface area (Å²) >= 11 is 3.86. The van der Waals surface area contributed by atoms with Gasteiger partial charge in [0.1, 0.15) is 0 Å². The number of thiophene rings is 2. The lowest BCUT2D eigenvalue weighted by atomic mass is 9.84. The maximum atomic E-state index is 2.46. The molecule has 11 aromatic rings. The minimum absolute atomic E-state index is 1.26. The molecule has 0 saturated carbocycles. The van der Waals surface area contributed by atoms with Crippen molar-refractivity contribution in [3.8, 4) is 22.3 Å². The van der Waals surface area contributed by atoms with Gasteiger partial charge >= 0.3 is 0 Å². The van der Waals surface area contributed by atoms with Crippen LogP contribution in [0.15, 0.2) is 158 Å². The summed E-state index contributed by atoms with van der Waals surface area (Å²) in [4.78, 5) is 0. The Balaban J connectivity index is 1.22. The molecule has 0 saturated heterocycles. The molecule has 0 amide bonds. The van der Waals surface area contributed by atoms with E-state index < -0.39 is 0 Å². The van der Waals surface area contributed by atoms with Crippen molar-refractivity contribution < 1.29 is 0 Å². The Kier molecular flexibility index (Phi) is 5.51. The first-order valence-corrected chi connectivity index (χ1v) is 18.1. The van der Waals surface area contributed by atoms with Crippen molar-refractivity contribution in [2.45, 2.75) is 0 Å². The molecule has 0 aliphatic heterocycles. The number of fused-ring (bicyclic) bond motifs is 12. The molecular weight excluding hydrogens is 617 g/mol. The highest BCUT2D eigenvalue weighted by Crippen LogP contribution is 2.48. The fourth-order valence-corrected chi connectivity index (χ4v) is 10.7. The third-order valence-corrected chi connectivity index (χ3v) is 12.6. The minimum Gasteiger partial charge on any atom is -0.134 e. The SMILES string of the molecule is c1ccc2c(-c3c4ccccc4c(-c4ccc5sc6c(ccc7ccc8c9ccccc9sc8c76)c5c4)c4ccccc34)cccc2c1. The molecule has 0 aliphatic carbocycles. The van der Waals surface area contributed by atoms with Crippen LogP contribution in [0.5, 0.6) is 0 Å². The third kappa shape index (κ3) is 3.65. The Morgan fingerprint density at radius 3 is 1.56 bits per heavy atom. The second kappa shape index (κ2) is 9.98. The molecule has 0 N–H and O–H groups in total. The second-order valence-corrected chi connectivity index (χ2v) is 14.9. The highest BCUT2D eigenvalue weighted by Gasteiger charge is 2.19. The maximum absolute atomic E-state index is 2.46. The quantitative estimate of drug-likeness (QED) is 0.165. The summed E-state index contributed by atoms with van der Waals surface area (Å²) in [5.41, 5.74) is 5.16. The van der Waals surface area contributed by atoms with E-state index in [2.05, 4.69) is 158 Å². The van der Waals surface area contributed by atoms with E-state index in [1.54, 1.807) is 0 Å². The number of rotatable bonds is 2. The van der Waals surface area contributed by atoms with E-state index in [0.29, 0.717) is 0 Å². The van der Waals surface area contributed by atoms with Gasteiger partial charge in [-0.2, -0.15) is 0 Å². The van der Waals surface area contributed by atoms with Crippen LogP contribution in [0, 0.1) is 0 Å². The Morgan fingerprint density at radius 2 is 0.854 bits per heavy atom. The smallest absolute Gasteiger partial charge is 0.0448 e. The maximum Gasteiger partial charge on any atom is 0.0448 e. The van der Waals surface area contributed by atoms with Gasteiger partial charge < -0.3 is 0 Å². The predicted molar refractivity (Wildman–Crippen MR) is 213 cm³/mol. The Labute approximate surface area is 284 Å². The number of hydrogen-bond acceptors (Lipinski definition) is 2. The van der Waals surface area contributed by atoms with E-state index in [1.165, 1.54) is 106 Å². The summed E-state index contributed by atoms with van der Waals surface area (Å²) in [6.07, 6.45) is 0. The molecular formula is C46H26S2. The average Bonchev–Trinajstić information content (AvgIpc) is 3.72. The summed E-state index contributed by atoms with van der Waals surface area (Å²) < 4.78 is 5.47. The Hall–Kier alpha value is -5.54. The summed E-state index contributed by atoms with van der Waals surface area (Å²) in [5, 5.41) is 15.8. The molecule has 2 heteroatoms. The molecule has 0 unspecified atom stereocenters. The van der Waals surface area contributed by atoms with Gasteiger partial charge in [-0.05, 0) is 78.2 Å². The lowest BCUT2D eigenvalue weighted by Crippen LogP contribution is -1.91. The van der Waals surface area contributed by atoms with Crippen LogP contribution in [0.25, 0.3) is 106 Å². The predicted octanol–water partition coefficient (Wildman–Crippen LogP) is 14.4. The van der Waals surface area contributed by atoms with Crippen molar-refractivity contribution in [2.75, 3.05) is 0 Å². The van der Waals surface area contributed by atoms with Crippen molar-refractivity contribution in [2.24, 2.45) is 0 Å². The number of hydrogen-bond donors (Lipinski definition) is 0. The normalized spacial score (nSPS) is 12.2. The zero-order valence-corrected chi connectivity index (χ0v) is 27.5. The molecule has 0 fully saturated rings. The van der Waals surface area contributed by atoms with Crippen LogP contribution in [-0.4, -0.2) is 0 Å². The van der Waals surface area contributed by atoms with Crippen LogP contribution < -0.4 is 0 Å². The van der Waals surface area contributed by atoms with Gasteiger partial charge in [0.25, 0.3) is 0 Å². The van der Waals surface area contributed by atoms with Crippen molar-refractivity contribution in [3.05, 3.63) is 158 Å². The Morgan fingerprint density at radius 1 is 0.312 bits per heavy atom. The van der Waals surface area contributed by atoms with Gasteiger partial charge in [0, 0.05) is 45.7 Å². The number of benzene rings is 9. The van der Waals surface area contributed by atoms with Crippen LogP contribution in [-0.2, 0) is 0 Å². The second-order valence-electron chi connectivity index (χ2n) is 12.8. The zero-order chi connectivity index (χ0) is 31.3. The van der Waals surface area contributed by atoms with Gasteiger partial charge in [-0.1, -0.05) is 140 Å². The van der Waals surface area contributed by atoms with E-state index in [-0.39, 0.29) is 0 Å². The summed E-state index contributed by atoms with van der Waals surface area (Å²) in [6.45, 7) is 0. The van der Waals surface area contributed by atoms with Gasteiger partial charge in [-0.25, -0.2) is 0 Å². The third-order valence-electron chi connectivity index (χ3n) is 10.2. The molecule has 48 heavy (non-hydrogen) atoms. The highest BCUT2D eigenvalue weighted by molar-refractivity contribution is 7.29. The highest BCUT2D eigenvalue weighted by atomic mass is 32.1. The molecule has 0 spiro atoms. The van der Waals surface area contributed by atoms with Crippen LogP contribution in [0.3, 0.4) is 0 Å². The van der Waals surface area contributed by atoms with Crippen molar-refractivity contribution >= 4 is 106 Å². The van der Waals surface area contributed by atoms with Crippen LogP contribution in [0.4, 0.5) is 0 Å². The first-order chi connectivity index (χ1) is 23.8. The minimum atomic E-state index is 1.26. The fourth-order valence-electron chi connectivity index (χ4n) is 8.15. The molecule has 0 aliphatic rings. The molecule has 222 valence electrons. The van der Waals surface area contributed by atoms with Crippen LogP contribution >= 0.6 is 22.7 Å². The average molecular weight is 643 g/mol. The topological polar surface area (TPSA) is 0 Å². The molecule has 2 heterocycles. The first-order valence-electron chi connectivity index (χ1n) is 16.4. The largest absolute Gasteiger partial charge is 0.134 e. The summed E-state index contributed by atoms with van der Waals surface area (Å²) in [7, 11) is 0. The van der Waals surface area contributed by atoms with Crippen LogP contribution in [0.1, 0.15) is 0 Å². The zero-order valence-electron chi connectivity index (χ0n) is 25.8. The van der Waals surface area contributed by atoms with Gasteiger partial charge in [-0.15, -0.1) is 22.7 Å². The standard InChI is InChI=1S/C46H26S2/c1-2-12-30-27(10-1)11-9-18-32(30)44-35-16-5-3-14-33(35)42(34-15-4-6-17-36(34)44)29-22-25-41-39(26-29)38-24-21-28-20-23-37-31-13-7-8-19-40(31)47-45(37)43(28)46(38)48-41/h1-26H. The van der Waals surface area contributed by atoms with Gasteiger partial charge in [-0.3, -0.25) is 0 Å². The first kappa shape index (κ1) is 26.5. The van der Waals surface area contributed by atoms with E-state index in [9.17, 15) is 0 Å². The molecule has 0 radical (unpaired) electrons. The summed E-state index contributed by atoms with van der Waals surface area (Å²) in [6, 6.07) is 58.7. The molecule has 0 nitrogen and oxygen atoms in total. The van der Waals surface area contributed by atoms with Crippen molar-refractivity contribution in [3.63, 3.8) is 0 Å². The monoisotopic (exact) mass is 642 g/mol. The van der Waals surface area contributed by atoms with E-state index in [0.717, 1.165) is 0 Å². The Bertz CT molecular complexity index is 3060. The molecule has 0 atom stereocenters. The van der Waals surface area contributed by atoms with Crippen molar-refractivity contribution in [1.29, 1.82) is 0 Å². The van der Waals surface area contributed by atoms with Gasteiger partial charge in [0.15, 0.2) is 0 Å². The lowest BCUT2D eigenvalue weighted by molar-refractivity contribution is 1.69. The lowest BCUT2D eigenvalue weighted by Gasteiger charge is -2.19. The summed E-state index contributed by atoms with van der Waals surface area (Å²) in [5.74, 6) is 0. The molecule has 9 aromatic carbocycles. The van der Waals surface area contributed by atoms with E-state index in [1.807, 2.05) is 22.7 Å². The van der Waals surface area contributed by atoms with E-state index in [4.69, 9.17) is 0 Å². The fraction of sp³-hybridized carbons (Fsp3) is 0. The molecule has 11 rings (SSSR count).